The topological polar surface area (TPSA) is 113 Å². The predicted octanol–water partition coefficient (Wildman–Crippen LogP) is 5.71. The third kappa shape index (κ3) is 3.98. The lowest BCUT2D eigenvalue weighted by Gasteiger charge is -2.07. The number of pyridine rings is 1. The summed E-state index contributed by atoms with van der Waals surface area (Å²) in [5.74, 6) is -0.526. The van der Waals surface area contributed by atoms with Crippen molar-refractivity contribution in [3.63, 3.8) is 0 Å². The number of carbonyl (C=O) groups is 1. The number of amides is 1. The number of benzene rings is 3. The lowest BCUT2D eigenvalue weighted by molar-refractivity contribution is -0.384. The minimum absolute atomic E-state index is 0.0669. The summed E-state index contributed by atoms with van der Waals surface area (Å²) in [7, 11) is 0. The molecule has 0 unspecified atom stereocenters. The molecule has 0 spiro atoms. The molecule has 0 saturated carbocycles. The van der Waals surface area contributed by atoms with Gasteiger partial charge in [0.05, 0.1) is 22.3 Å². The van der Waals surface area contributed by atoms with Gasteiger partial charge in [-0.05, 0) is 18.2 Å². The van der Waals surface area contributed by atoms with Crippen LogP contribution in [0, 0.1) is 10.1 Å². The van der Waals surface area contributed by atoms with Crippen molar-refractivity contribution < 1.29 is 9.72 Å². The van der Waals surface area contributed by atoms with E-state index in [9.17, 15) is 14.9 Å². The minimum atomic E-state index is -0.526. The molecule has 0 saturated heterocycles. The highest BCUT2D eigenvalue weighted by Crippen LogP contribution is 2.33. The molecule has 0 aliphatic rings. The molecule has 5 rings (SSSR count). The van der Waals surface area contributed by atoms with Crippen LogP contribution in [0.3, 0.4) is 0 Å². The van der Waals surface area contributed by atoms with Gasteiger partial charge in [-0.15, -0.1) is 0 Å². The highest BCUT2D eigenvalue weighted by atomic mass is 35.5. The normalized spacial score (nSPS) is 11.3. The summed E-state index contributed by atoms with van der Waals surface area (Å²) in [5.41, 5.74) is 5.67. The van der Waals surface area contributed by atoms with Crippen LogP contribution in [0.15, 0.2) is 84.0 Å². The van der Waals surface area contributed by atoms with Crippen LogP contribution in [0.1, 0.15) is 16.1 Å². The lowest BCUT2D eigenvalue weighted by atomic mass is 10.1. The van der Waals surface area contributed by atoms with E-state index >= 15 is 0 Å². The lowest BCUT2D eigenvalue weighted by Crippen LogP contribution is -2.19. The molecule has 5 aromatic rings. The van der Waals surface area contributed by atoms with Gasteiger partial charge in [-0.25, -0.2) is 10.4 Å². The van der Waals surface area contributed by atoms with Crippen LogP contribution in [-0.2, 0) is 0 Å². The van der Waals surface area contributed by atoms with Crippen LogP contribution in [0.5, 0.6) is 0 Å². The van der Waals surface area contributed by atoms with Crippen molar-refractivity contribution in [2.24, 2.45) is 5.10 Å². The van der Waals surface area contributed by atoms with E-state index in [1.165, 1.54) is 18.3 Å². The van der Waals surface area contributed by atoms with Gasteiger partial charge in [-0.1, -0.05) is 60.1 Å². The number of rotatable bonds is 5. The Balaban J connectivity index is 1.60. The fraction of sp³-hybridized carbons (Fsp3) is 0. The summed E-state index contributed by atoms with van der Waals surface area (Å²) in [5, 5.41) is 17.5. The average Bonchev–Trinajstić information content (AvgIpc) is 3.23. The number of non-ortho nitro benzene ring substituents is 1. The smallest absolute Gasteiger partial charge is 0.289 e. The van der Waals surface area contributed by atoms with E-state index < -0.39 is 10.8 Å². The largest absolute Gasteiger partial charge is 0.353 e. The Labute approximate surface area is 198 Å². The Morgan fingerprint density at radius 1 is 1.03 bits per heavy atom. The standard InChI is InChI=1S/C25H16ClN5O3/c26-20-10-3-1-6-16(20)14-27-30-25(32)22-13-19-18-9-2-4-11-21(18)28-24(19)23(29-22)15-7-5-8-17(12-15)31(33)34/h1-14,28H,(H,30,32)/b27-14+. The number of nitro groups is 1. The van der Waals surface area contributed by atoms with Crippen molar-refractivity contribution >= 4 is 51.2 Å². The second-order valence-corrected chi connectivity index (χ2v) is 7.88. The third-order valence-corrected chi connectivity index (χ3v) is 5.68. The molecule has 8 nitrogen and oxygen atoms in total. The van der Waals surface area contributed by atoms with Gasteiger partial charge in [-0.3, -0.25) is 14.9 Å². The van der Waals surface area contributed by atoms with Crippen molar-refractivity contribution in [1.82, 2.24) is 15.4 Å². The highest BCUT2D eigenvalue weighted by molar-refractivity contribution is 6.33. The number of hydrogen-bond donors (Lipinski definition) is 2. The Morgan fingerprint density at radius 2 is 1.82 bits per heavy atom. The van der Waals surface area contributed by atoms with Gasteiger partial charge in [0.25, 0.3) is 11.6 Å². The van der Waals surface area contributed by atoms with E-state index in [1.54, 1.807) is 36.4 Å². The summed E-state index contributed by atoms with van der Waals surface area (Å²) in [4.78, 5) is 31.7. The number of hydrazone groups is 1. The molecular formula is C25H16ClN5O3. The SMILES string of the molecule is O=C(N/N=C/c1ccccc1Cl)c1cc2c([nH]c3ccccc32)c(-c2cccc([N+](=O)[O-])c2)n1. The van der Waals surface area contributed by atoms with Crippen molar-refractivity contribution in [3.05, 3.63) is 105 Å². The quantitative estimate of drug-likeness (QED) is 0.195. The van der Waals surface area contributed by atoms with Gasteiger partial charge in [0.15, 0.2) is 0 Å². The first-order valence-corrected chi connectivity index (χ1v) is 10.6. The second-order valence-electron chi connectivity index (χ2n) is 7.48. The molecule has 0 radical (unpaired) electrons. The number of hydrogen-bond acceptors (Lipinski definition) is 5. The molecule has 2 heterocycles. The molecule has 0 atom stereocenters. The molecular weight excluding hydrogens is 454 g/mol. The van der Waals surface area contributed by atoms with Gasteiger partial charge in [-0.2, -0.15) is 5.10 Å². The summed E-state index contributed by atoms with van der Waals surface area (Å²) < 4.78 is 0. The van der Waals surface area contributed by atoms with Crippen molar-refractivity contribution in [1.29, 1.82) is 0 Å². The number of nitrogens with zero attached hydrogens (tertiary/aromatic N) is 3. The van der Waals surface area contributed by atoms with E-state index in [0.717, 1.165) is 16.3 Å². The van der Waals surface area contributed by atoms with Gasteiger partial charge in [0.2, 0.25) is 0 Å². The number of fused-ring (bicyclic) bond motifs is 3. The van der Waals surface area contributed by atoms with Gasteiger partial charge in [0, 0.05) is 44.6 Å². The average molecular weight is 470 g/mol. The molecule has 2 N–H and O–H groups in total. The number of aromatic amines is 1. The molecule has 2 aromatic heterocycles. The van der Waals surface area contributed by atoms with E-state index in [-0.39, 0.29) is 11.4 Å². The predicted molar refractivity (Wildman–Crippen MR) is 132 cm³/mol. The highest BCUT2D eigenvalue weighted by Gasteiger charge is 2.18. The Bertz CT molecular complexity index is 1610. The minimum Gasteiger partial charge on any atom is -0.353 e. The van der Waals surface area contributed by atoms with Crippen LogP contribution in [0.25, 0.3) is 33.1 Å². The zero-order valence-corrected chi connectivity index (χ0v) is 18.3. The Kier molecular flexibility index (Phi) is 5.49. The van der Waals surface area contributed by atoms with Crippen LogP contribution in [-0.4, -0.2) is 27.0 Å². The fourth-order valence-corrected chi connectivity index (χ4v) is 3.92. The summed E-state index contributed by atoms with van der Waals surface area (Å²) in [6.45, 7) is 0. The Morgan fingerprint density at radius 3 is 2.65 bits per heavy atom. The number of nitrogens with one attached hydrogen (secondary N) is 2. The number of H-pyrrole nitrogens is 1. The van der Waals surface area contributed by atoms with E-state index in [2.05, 4.69) is 20.5 Å². The maximum Gasteiger partial charge on any atom is 0.289 e. The zero-order chi connectivity index (χ0) is 23.7. The summed E-state index contributed by atoms with van der Waals surface area (Å²) in [6.07, 6.45) is 1.45. The van der Waals surface area contributed by atoms with Gasteiger partial charge in [0.1, 0.15) is 5.69 Å². The number of para-hydroxylation sites is 1. The fourth-order valence-electron chi connectivity index (χ4n) is 3.74. The number of halogens is 1. The van der Waals surface area contributed by atoms with Crippen molar-refractivity contribution in [3.8, 4) is 11.3 Å². The number of aromatic nitrogens is 2. The van der Waals surface area contributed by atoms with E-state index in [4.69, 9.17) is 11.6 Å². The second kappa shape index (κ2) is 8.76. The summed E-state index contributed by atoms with van der Waals surface area (Å²) >= 11 is 6.12. The monoisotopic (exact) mass is 469 g/mol. The maximum absolute atomic E-state index is 12.9. The number of carbonyl (C=O) groups excluding carboxylic acids is 1. The molecule has 3 aromatic carbocycles. The van der Waals surface area contributed by atoms with Crippen LogP contribution in [0.4, 0.5) is 5.69 Å². The van der Waals surface area contributed by atoms with Crippen LogP contribution < -0.4 is 5.43 Å². The first kappa shape index (κ1) is 21.3. The Hall–Kier alpha value is -4.56. The first-order valence-electron chi connectivity index (χ1n) is 10.3. The molecule has 1 amide bonds. The number of nitro benzene ring substituents is 1. The molecule has 0 aliphatic carbocycles. The third-order valence-electron chi connectivity index (χ3n) is 5.33. The molecule has 0 bridgehead atoms. The molecule has 0 fully saturated rings. The van der Waals surface area contributed by atoms with Crippen molar-refractivity contribution in [2.45, 2.75) is 0 Å². The van der Waals surface area contributed by atoms with Crippen LogP contribution >= 0.6 is 11.6 Å². The van der Waals surface area contributed by atoms with Gasteiger partial charge < -0.3 is 4.98 Å². The van der Waals surface area contributed by atoms with E-state index in [0.29, 0.717) is 27.4 Å². The molecule has 0 aliphatic heterocycles. The van der Waals surface area contributed by atoms with Crippen molar-refractivity contribution in [2.75, 3.05) is 0 Å². The van der Waals surface area contributed by atoms with Crippen LogP contribution in [0.2, 0.25) is 5.02 Å². The molecule has 34 heavy (non-hydrogen) atoms. The van der Waals surface area contributed by atoms with E-state index in [1.807, 2.05) is 30.3 Å². The first-order chi connectivity index (χ1) is 16.5. The van der Waals surface area contributed by atoms with Gasteiger partial charge >= 0.3 is 0 Å². The summed E-state index contributed by atoms with van der Waals surface area (Å²) in [6, 6.07) is 22.6. The molecule has 9 heteroatoms. The zero-order valence-electron chi connectivity index (χ0n) is 17.5. The maximum atomic E-state index is 12.9. The molecule has 166 valence electrons.